The fraction of sp³-hybridized carbons (Fsp3) is 0.875. The molecule has 88 valence electrons. The van der Waals surface area contributed by atoms with E-state index in [4.69, 9.17) is 0 Å². The Labute approximate surface area is 85.2 Å². The molecule has 0 radical (unpaired) electrons. The van der Waals surface area contributed by atoms with E-state index in [-0.39, 0.29) is 6.04 Å². The van der Waals surface area contributed by atoms with Gasteiger partial charge in [-0.1, -0.05) is 0 Å². The Balaban J connectivity index is 2.17. The topological polar surface area (TPSA) is 50.4 Å². The van der Waals surface area contributed by atoms with Gasteiger partial charge >= 0.3 is 12.3 Å². The standard InChI is InChI=1S/C8H13F3N2O2/c9-8(10,11)5-15-7(14)13-6-1-3-12-4-2-6/h6,12H,1-5H2,(H,13,14). The average Bonchev–Trinajstić information content (AvgIpc) is 2.15. The van der Waals surface area contributed by atoms with Gasteiger partial charge in [-0.25, -0.2) is 4.79 Å². The van der Waals surface area contributed by atoms with Gasteiger partial charge in [-0.2, -0.15) is 13.2 Å². The van der Waals surface area contributed by atoms with Crippen molar-refractivity contribution in [1.82, 2.24) is 10.6 Å². The lowest BCUT2D eigenvalue weighted by molar-refractivity contribution is -0.160. The third kappa shape index (κ3) is 5.46. The molecule has 1 amide bonds. The van der Waals surface area contributed by atoms with Crippen LogP contribution in [0.2, 0.25) is 0 Å². The number of hydrogen-bond acceptors (Lipinski definition) is 3. The number of alkyl carbamates (subject to hydrolysis) is 1. The summed E-state index contributed by atoms with van der Waals surface area (Å²) in [5.41, 5.74) is 0. The molecule has 1 aliphatic heterocycles. The first kappa shape index (κ1) is 12.1. The first-order valence-corrected chi connectivity index (χ1v) is 4.68. The number of halogens is 3. The predicted octanol–water partition coefficient (Wildman–Crippen LogP) is 1.03. The van der Waals surface area contributed by atoms with Crippen molar-refractivity contribution in [2.75, 3.05) is 19.7 Å². The molecule has 1 rings (SSSR count). The van der Waals surface area contributed by atoms with Gasteiger partial charge in [-0.3, -0.25) is 0 Å². The minimum absolute atomic E-state index is 0.0908. The largest absolute Gasteiger partial charge is 0.440 e. The van der Waals surface area contributed by atoms with Crippen LogP contribution in [-0.2, 0) is 4.74 Å². The number of rotatable bonds is 2. The molecule has 0 saturated carbocycles. The van der Waals surface area contributed by atoms with Crippen LogP contribution >= 0.6 is 0 Å². The van der Waals surface area contributed by atoms with Crippen LogP contribution in [0.15, 0.2) is 0 Å². The third-order valence-corrected chi connectivity index (χ3v) is 2.03. The number of piperidine rings is 1. The van der Waals surface area contributed by atoms with Crippen molar-refractivity contribution in [2.45, 2.75) is 25.1 Å². The number of carbonyl (C=O) groups excluding carboxylic acids is 1. The Kier molecular flexibility index (Phi) is 4.19. The lowest BCUT2D eigenvalue weighted by Gasteiger charge is -2.23. The zero-order valence-electron chi connectivity index (χ0n) is 8.06. The second-order valence-corrected chi connectivity index (χ2v) is 3.36. The molecule has 7 heteroatoms. The summed E-state index contributed by atoms with van der Waals surface area (Å²) < 4.78 is 39.1. The zero-order chi connectivity index (χ0) is 11.3. The molecular formula is C8H13F3N2O2. The smallest absolute Gasteiger partial charge is 0.422 e. The summed E-state index contributed by atoms with van der Waals surface area (Å²) in [5, 5.41) is 5.46. The third-order valence-electron chi connectivity index (χ3n) is 2.03. The molecule has 0 aromatic heterocycles. The molecule has 4 nitrogen and oxygen atoms in total. The SMILES string of the molecule is O=C(NC1CCNCC1)OCC(F)(F)F. The van der Waals surface area contributed by atoms with E-state index in [0.29, 0.717) is 12.8 Å². The van der Waals surface area contributed by atoms with Crippen LogP contribution in [0.4, 0.5) is 18.0 Å². The summed E-state index contributed by atoms with van der Waals surface area (Å²) in [5.74, 6) is 0. The van der Waals surface area contributed by atoms with Crippen molar-refractivity contribution in [1.29, 1.82) is 0 Å². The monoisotopic (exact) mass is 226 g/mol. The van der Waals surface area contributed by atoms with E-state index in [9.17, 15) is 18.0 Å². The summed E-state index contributed by atoms with van der Waals surface area (Å²) in [6.45, 7) is -0.0295. The van der Waals surface area contributed by atoms with Crippen LogP contribution in [0, 0.1) is 0 Å². The first-order chi connectivity index (χ1) is 6.97. The second-order valence-electron chi connectivity index (χ2n) is 3.36. The molecule has 0 spiro atoms. The van der Waals surface area contributed by atoms with Gasteiger partial charge in [0.05, 0.1) is 0 Å². The molecule has 1 heterocycles. The van der Waals surface area contributed by atoms with Crippen LogP contribution in [0.5, 0.6) is 0 Å². The molecule has 2 N–H and O–H groups in total. The highest BCUT2D eigenvalue weighted by atomic mass is 19.4. The van der Waals surface area contributed by atoms with Crippen LogP contribution in [0.1, 0.15) is 12.8 Å². The van der Waals surface area contributed by atoms with E-state index in [1.807, 2.05) is 0 Å². The molecule has 0 unspecified atom stereocenters. The number of carbonyl (C=O) groups is 1. The fourth-order valence-corrected chi connectivity index (χ4v) is 1.32. The lowest BCUT2D eigenvalue weighted by atomic mass is 10.1. The Morgan fingerprint density at radius 3 is 2.53 bits per heavy atom. The summed E-state index contributed by atoms with van der Waals surface area (Å²) >= 11 is 0. The molecule has 1 saturated heterocycles. The number of ether oxygens (including phenoxy) is 1. The fourth-order valence-electron chi connectivity index (χ4n) is 1.32. The Morgan fingerprint density at radius 2 is 2.00 bits per heavy atom. The van der Waals surface area contributed by atoms with Crippen molar-refractivity contribution in [3.05, 3.63) is 0 Å². The maximum atomic E-state index is 11.7. The zero-order valence-corrected chi connectivity index (χ0v) is 8.06. The van der Waals surface area contributed by atoms with E-state index >= 15 is 0 Å². The van der Waals surface area contributed by atoms with E-state index < -0.39 is 18.9 Å². The molecule has 1 aliphatic rings. The summed E-state index contributed by atoms with van der Waals surface area (Å²) in [4.78, 5) is 10.9. The first-order valence-electron chi connectivity index (χ1n) is 4.68. The van der Waals surface area contributed by atoms with E-state index in [0.717, 1.165) is 13.1 Å². The molecule has 0 aromatic rings. The normalized spacial score (nSPS) is 18.6. The molecule has 1 fully saturated rings. The van der Waals surface area contributed by atoms with Gasteiger partial charge in [0.15, 0.2) is 6.61 Å². The van der Waals surface area contributed by atoms with Gasteiger partial charge in [0.25, 0.3) is 0 Å². The van der Waals surface area contributed by atoms with Crippen LogP contribution in [0.3, 0.4) is 0 Å². The van der Waals surface area contributed by atoms with Crippen LogP contribution < -0.4 is 10.6 Å². The van der Waals surface area contributed by atoms with Crippen molar-refractivity contribution >= 4 is 6.09 Å². The Hall–Kier alpha value is -0.980. The molecule has 0 aliphatic carbocycles. The van der Waals surface area contributed by atoms with Crippen molar-refractivity contribution in [3.63, 3.8) is 0 Å². The summed E-state index contributed by atoms with van der Waals surface area (Å²) in [7, 11) is 0. The van der Waals surface area contributed by atoms with Crippen molar-refractivity contribution < 1.29 is 22.7 Å². The second kappa shape index (κ2) is 5.20. The van der Waals surface area contributed by atoms with E-state index in [2.05, 4.69) is 15.4 Å². The van der Waals surface area contributed by atoms with Gasteiger partial charge in [0, 0.05) is 6.04 Å². The van der Waals surface area contributed by atoms with Crippen LogP contribution in [0.25, 0.3) is 0 Å². The van der Waals surface area contributed by atoms with Gasteiger partial charge in [-0.15, -0.1) is 0 Å². The molecule has 0 atom stereocenters. The van der Waals surface area contributed by atoms with Crippen molar-refractivity contribution in [3.8, 4) is 0 Å². The maximum absolute atomic E-state index is 11.7. The van der Waals surface area contributed by atoms with E-state index in [1.54, 1.807) is 0 Å². The Morgan fingerprint density at radius 1 is 1.40 bits per heavy atom. The number of hydrogen-bond donors (Lipinski definition) is 2. The van der Waals surface area contributed by atoms with Gasteiger partial charge in [0.1, 0.15) is 0 Å². The predicted molar refractivity (Wildman–Crippen MR) is 46.4 cm³/mol. The van der Waals surface area contributed by atoms with Gasteiger partial charge in [0.2, 0.25) is 0 Å². The highest BCUT2D eigenvalue weighted by molar-refractivity contribution is 5.67. The molecule has 0 bridgehead atoms. The van der Waals surface area contributed by atoms with Crippen LogP contribution in [-0.4, -0.2) is 38.0 Å². The minimum Gasteiger partial charge on any atom is -0.440 e. The Bertz CT molecular complexity index is 214. The minimum atomic E-state index is -4.47. The number of alkyl halides is 3. The highest BCUT2D eigenvalue weighted by Gasteiger charge is 2.30. The quantitative estimate of drug-likeness (QED) is 0.739. The molecule has 0 aromatic carbocycles. The molecular weight excluding hydrogens is 213 g/mol. The van der Waals surface area contributed by atoms with Gasteiger partial charge < -0.3 is 15.4 Å². The van der Waals surface area contributed by atoms with Crippen molar-refractivity contribution in [2.24, 2.45) is 0 Å². The summed E-state index contributed by atoms with van der Waals surface area (Å²) in [6, 6.07) is -0.0908. The molecule has 15 heavy (non-hydrogen) atoms. The summed E-state index contributed by atoms with van der Waals surface area (Å²) in [6.07, 6.45) is -4.05. The number of nitrogens with one attached hydrogen (secondary N) is 2. The maximum Gasteiger partial charge on any atom is 0.422 e. The lowest BCUT2D eigenvalue weighted by Crippen LogP contribution is -2.43. The average molecular weight is 226 g/mol. The van der Waals surface area contributed by atoms with Gasteiger partial charge in [-0.05, 0) is 25.9 Å². The van der Waals surface area contributed by atoms with E-state index in [1.165, 1.54) is 0 Å². The number of amides is 1. The highest BCUT2D eigenvalue weighted by Crippen LogP contribution is 2.14.